The van der Waals surface area contributed by atoms with Crippen LogP contribution < -0.4 is 0 Å². The quantitative estimate of drug-likeness (QED) is 0.486. The third kappa shape index (κ3) is 0.538. The number of hydrogen-bond donors (Lipinski definition) is 1. The van der Waals surface area contributed by atoms with Gasteiger partial charge in [0.25, 0.3) is 0 Å². The van der Waals surface area contributed by atoms with Crippen molar-refractivity contribution >= 4 is 0 Å². The summed E-state index contributed by atoms with van der Waals surface area (Å²) in [5, 5.41) is 16.0. The molecule has 1 rings (SSSR count). The molecule has 0 spiro atoms. The van der Waals surface area contributed by atoms with Crippen molar-refractivity contribution in [3.63, 3.8) is 0 Å². The number of nitrogens with zero attached hydrogens (tertiary/aromatic N) is 3. The van der Waals surface area contributed by atoms with Gasteiger partial charge in [-0.3, -0.25) is 0 Å². The van der Waals surface area contributed by atoms with Gasteiger partial charge in [-0.25, -0.2) is 0 Å². The zero-order valence-corrected chi connectivity index (χ0v) is 4.79. The molecule has 0 atom stereocenters. The first kappa shape index (κ1) is 5.08. The highest BCUT2D eigenvalue weighted by atomic mass is 16.5. The van der Waals surface area contributed by atoms with Crippen LogP contribution in [0.2, 0.25) is 0 Å². The molecule has 0 bridgehead atoms. The van der Waals surface area contributed by atoms with Gasteiger partial charge in [-0.05, 0) is 13.8 Å². The van der Waals surface area contributed by atoms with Gasteiger partial charge in [-0.1, -0.05) is 0 Å². The molecule has 44 valence electrons. The normalized spacial score (nSPS) is 9.75. The lowest BCUT2D eigenvalue weighted by atomic mass is 10.7. The highest BCUT2D eigenvalue weighted by molar-refractivity contribution is 4.85. The van der Waals surface area contributed by atoms with Crippen LogP contribution in [0.1, 0.15) is 11.6 Å². The van der Waals surface area contributed by atoms with Crippen LogP contribution in [-0.4, -0.2) is 20.1 Å². The monoisotopic (exact) mass is 113 g/mol. The van der Waals surface area contributed by atoms with Crippen molar-refractivity contribution < 1.29 is 5.21 Å². The predicted octanol–water partition coefficient (Wildman–Crippen LogP) is 0.132. The van der Waals surface area contributed by atoms with E-state index < -0.39 is 0 Å². The van der Waals surface area contributed by atoms with Crippen molar-refractivity contribution in [3.8, 4) is 0 Å². The molecule has 1 aromatic rings. The lowest BCUT2D eigenvalue weighted by Crippen LogP contribution is -1.94. The third-order valence-electron chi connectivity index (χ3n) is 0.952. The van der Waals surface area contributed by atoms with Gasteiger partial charge in [0, 0.05) is 0 Å². The maximum Gasteiger partial charge on any atom is 0.166 e. The molecule has 8 heavy (non-hydrogen) atoms. The molecule has 4 heteroatoms. The average Bonchev–Trinajstić information content (AvgIpc) is 1.98. The summed E-state index contributed by atoms with van der Waals surface area (Å²) >= 11 is 0. The van der Waals surface area contributed by atoms with Crippen LogP contribution in [0.4, 0.5) is 0 Å². The van der Waals surface area contributed by atoms with Crippen molar-refractivity contribution in [2.24, 2.45) is 0 Å². The second-order valence-corrected chi connectivity index (χ2v) is 1.61. The van der Waals surface area contributed by atoms with Crippen LogP contribution in [0.25, 0.3) is 0 Å². The van der Waals surface area contributed by atoms with Crippen LogP contribution in [0.3, 0.4) is 0 Å². The lowest BCUT2D eigenvalue weighted by molar-refractivity contribution is 0.171. The van der Waals surface area contributed by atoms with E-state index in [1.54, 1.807) is 13.8 Å². The molecule has 0 radical (unpaired) electrons. The SMILES string of the molecule is Cc1nnc(C)n1O. The largest absolute Gasteiger partial charge is 0.425 e. The van der Waals surface area contributed by atoms with E-state index >= 15 is 0 Å². The molecule has 0 aliphatic rings. The highest BCUT2D eigenvalue weighted by Gasteiger charge is 1.97. The fraction of sp³-hybridized carbons (Fsp3) is 0.500. The van der Waals surface area contributed by atoms with Gasteiger partial charge >= 0.3 is 0 Å². The summed E-state index contributed by atoms with van der Waals surface area (Å²) in [5.41, 5.74) is 0. The Hall–Kier alpha value is -1.06. The number of aromatic nitrogens is 3. The van der Waals surface area contributed by atoms with E-state index in [2.05, 4.69) is 10.2 Å². The molecule has 0 aliphatic heterocycles. The van der Waals surface area contributed by atoms with E-state index in [1.165, 1.54) is 0 Å². The maximum absolute atomic E-state index is 8.84. The summed E-state index contributed by atoms with van der Waals surface area (Å²) in [4.78, 5) is 0. The molecule has 1 N–H and O–H groups in total. The molecule has 0 saturated heterocycles. The molecule has 0 aromatic carbocycles. The number of aryl methyl sites for hydroxylation is 2. The molecule has 1 aromatic heterocycles. The molecule has 4 nitrogen and oxygen atoms in total. The van der Waals surface area contributed by atoms with Crippen molar-refractivity contribution in [1.29, 1.82) is 0 Å². The minimum atomic E-state index is 0.516. The summed E-state index contributed by atoms with van der Waals surface area (Å²) < 4.78 is 0.944. The van der Waals surface area contributed by atoms with E-state index in [0.717, 1.165) is 4.73 Å². The van der Waals surface area contributed by atoms with Gasteiger partial charge in [0.1, 0.15) is 0 Å². The molecular formula is C4H7N3O. The Labute approximate surface area is 46.7 Å². The number of rotatable bonds is 0. The van der Waals surface area contributed by atoms with Gasteiger partial charge < -0.3 is 5.21 Å². The van der Waals surface area contributed by atoms with E-state index in [1.807, 2.05) is 0 Å². The summed E-state index contributed by atoms with van der Waals surface area (Å²) in [7, 11) is 0. The van der Waals surface area contributed by atoms with Gasteiger partial charge in [0.05, 0.1) is 0 Å². The Morgan fingerprint density at radius 2 is 1.62 bits per heavy atom. The van der Waals surface area contributed by atoms with Gasteiger partial charge in [0.2, 0.25) is 0 Å². The minimum absolute atomic E-state index is 0.516. The van der Waals surface area contributed by atoms with Crippen molar-refractivity contribution in [1.82, 2.24) is 14.9 Å². The van der Waals surface area contributed by atoms with Crippen LogP contribution >= 0.6 is 0 Å². The fourth-order valence-corrected chi connectivity index (χ4v) is 0.464. The van der Waals surface area contributed by atoms with Crippen molar-refractivity contribution in [3.05, 3.63) is 11.6 Å². The van der Waals surface area contributed by atoms with Crippen LogP contribution in [0, 0.1) is 13.8 Å². The molecular weight excluding hydrogens is 106 g/mol. The van der Waals surface area contributed by atoms with Gasteiger partial charge in [-0.2, -0.15) is 4.73 Å². The predicted molar refractivity (Wildman–Crippen MR) is 26.7 cm³/mol. The molecule has 1 heterocycles. The second kappa shape index (κ2) is 1.47. The van der Waals surface area contributed by atoms with Gasteiger partial charge in [-0.15, -0.1) is 10.2 Å². The average molecular weight is 113 g/mol. The molecule has 0 unspecified atom stereocenters. The summed E-state index contributed by atoms with van der Waals surface area (Å²) in [6.07, 6.45) is 0. The van der Waals surface area contributed by atoms with Gasteiger partial charge in [0.15, 0.2) is 11.6 Å². The first-order valence-corrected chi connectivity index (χ1v) is 2.29. The Kier molecular flexibility index (Phi) is 0.932. The standard InChI is InChI=1S/C4H7N3O/c1-3-5-6-4(2)7(3)8/h8H,1-2H3. The zero-order chi connectivity index (χ0) is 6.15. The molecule has 0 saturated carbocycles. The summed E-state index contributed by atoms with van der Waals surface area (Å²) in [5.74, 6) is 1.03. The lowest BCUT2D eigenvalue weighted by Gasteiger charge is -1.89. The molecule has 0 amide bonds. The Morgan fingerprint density at radius 1 is 1.25 bits per heavy atom. The number of hydrogen-bond acceptors (Lipinski definition) is 3. The van der Waals surface area contributed by atoms with Crippen LogP contribution in [0.5, 0.6) is 0 Å². The Morgan fingerprint density at radius 3 is 1.75 bits per heavy atom. The maximum atomic E-state index is 8.84. The Balaban J connectivity index is 3.19. The molecule has 0 fully saturated rings. The van der Waals surface area contributed by atoms with E-state index in [0.29, 0.717) is 11.6 Å². The summed E-state index contributed by atoms with van der Waals surface area (Å²) in [6.45, 7) is 3.36. The second-order valence-electron chi connectivity index (χ2n) is 1.61. The molecule has 0 aliphatic carbocycles. The Bertz CT molecular complexity index is 174. The van der Waals surface area contributed by atoms with E-state index in [4.69, 9.17) is 5.21 Å². The third-order valence-corrected chi connectivity index (χ3v) is 0.952. The highest BCUT2D eigenvalue weighted by Crippen LogP contribution is 1.91. The van der Waals surface area contributed by atoms with Crippen molar-refractivity contribution in [2.45, 2.75) is 13.8 Å². The topological polar surface area (TPSA) is 50.9 Å². The zero-order valence-electron chi connectivity index (χ0n) is 4.79. The van der Waals surface area contributed by atoms with Crippen LogP contribution in [0.15, 0.2) is 0 Å². The summed E-state index contributed by atoms with van der Waals surface area (Å²) in [6, 6.07) is 0. The minimum Gasteiger partial charge on any atom is -0.425 e. The van der Waals surface area contributed by atoms with E-state index in [9.17, 15) is 0 Å². The first-order chi connectivity index (χ1) is 3.72. The first-order valence-electron chi connectivity index (χ1n) is 2.29. The fourth-order valence-electron chi connectivity index (χ4n) is 0.464. The van der Waals surface area contributed by atoms with E-state index in [-0.39, 0.29) is 0 Å². The van der Waals surface area contributed by atoms with Crippen LogP contribution in [-0.2, 0) is 0 Å². The van der Waals surface area contributed by atoms with Crippen molar-refractivity contribution in [2.75, 3.05) is 0 Å². The smallest absolute Gasteiger partial charge is 0.166 e.